The summed E-state index contributed by atoms with van der Waals surface area (Å²) in [6, 6.07) is -1.36. The van der Waals surface area contributed by atoms with Gasteiger partial charge in [-0.15, -0.1) is 0 Å². The van der Waals surface area contributed by atoms with Gasteiger partial charge in [-0.05, 0) is 0 Å². The van der Waals surface area contributed by atoms with E-state index in [-0.39, 0.29) is 0 Å². The molecule has 0 aromatic carbocycles. The van der Waals surface area contributed by atoms with Crippen molar-refractivity contribution in [2.75, 3.05) is 13.7 Å². The molecule has 0 radical (unpaired) electrons. The van der Waals surface area contributed by atoms with Crippen LogP contribution in [0.3, 0.4) is 0 Å². The second-order valence-corrected chi connectivity index (χ2v) is 6.49. The Kier molecular flexibility index (Phi) is 7.66. The first-order valence-electron chi connectivity index (χ1n) is 8.42. The minimum Gasteiger partial charge on any atom is -0.547 e. The summed E-state index contributed by atoms with van der Waals surface area (Å²) in [6.45, 7) is 0.411. The van der Waals surface area contributed by atoms with Crippen molar-refractivity contribution in [2.45, 2.75) is 68.3 Å². The zero-order valence-corrected chi connectivity index (χ0v) is 15.1. The summed E-state index contributed by atoms with van der Waals surface area (Å²) in [5.74, 6) is -2.36. The predicted molar refractivity (Wildman–Crippen MR) is 82.9 cm³/mol. The van der Waals surface area contributed by atoms with Gasteiger partial charge in [-0.3, -0.25) is 4.79 Å². The second kappa shape index (κ2) is 9.39. The molecule has 0 saturated carbocycles. The fourth-order valence-corrected chi connectivity index (χ4v) is 3.19. The molecule has 6 unspecified atom stereocenters. The van der Waals surface area contributed by atoms with Crippen molar-refractivity contribution >= 4 is 11.9 Å². The summed E-state index contributed by atoms with van der Waals surface area (Å²) >= 11 is 0. The quantitative estimate of drug-likeness (QED) is 0.242. The van der Waals surface area contributed by atoms with E-state index in [0.717, 1.165) is 14.0 Å². The standard InChI is InChI=1S/C15H25NO12/c1-4(18)16-6-10(7(19)5(3-17)26-14(6)24)27-15-9(21)8(20)11(25-2)12(28-15)13(22)23/h5-12,14-15,17,19-21,24H,3H2,1-2H3,(H,16,18)(H,22,23)/p-1/t5?,6?,7-,8?,9?,10?,11+,12?,14-,15-/m1/s1. The molecule has 2 heterocycles. The first kappa shape index (κ1) is 22.9. The number of ether oxygens (including phenoxy) is 4. The van der Waals surface area contributed by atoms with E-state index in [4.69, 9.17) is 18.9 Å². The second-order valence-electron chi connectivity index (χ2n) is 6.49. The van der Waals surface area contributed by atoms with Crippen LogP contribution >= 0.6 is 0 Å². The lowest BCUT2D eigenvalue weighted by Gasteiger charge is -2.47. The van der Waals surface area contributed by atoms with Gasteiger partial charge in [-0.25, -0.2) is 0 Å². The minimum atomic E-state index is -1.82. The fourth-order valence-electron chi connectivity index (χ4n) is 3.19. The summed E-state index contributed by atoms with van der Waals surface area (Å²) < 4.78 is 20.4. The van der Waals surface area contributed by atoms with Gasteiger partial charge in [0.1, 0.15) is 48.8 Å². The van der Waals surface area contributed by atoms with Crippen LogP contribution in [0, 0.1) is 0 Å². The largest absolute Gasteiger partial charge is 0.547 e. The minimum absolute atomic E-state index is 0.617. The number of carbonyl (C=O) groups excluding carboxylic acids is 2. The third-order valence-corrected chi connectivity index (χ3v) is 4.58. The highest BCUT2D eigenvalue weighted by molar-refractivity contribution is 5.73. The van der Waals surface area contributed by atoms with E-state index < -0.39 is 79.8 Å². The normalized spacial score (nSPS) is 44.1. The number of aliphatic hydroxyl groups is 5. The van der Waals surface area contributed by atoms with E-state index in [9.17, 15) is 40.2 Å². The molecule has 0 aliphatic carbocycles. The molecule has 0 aromatic rings. The number of amides is 1. The van der Waals surface area contributed by atoms with Gasteiger partial charge < -0.3 is 59.7 Å². The van der Waals surface area contributed by atoms with Crippen LogP contribution in [-0.4, -0.2) is 112 Å². The molecule has 1 amide bonds. The molecule has 28 heavy (non-hydrogen) atoms. The highest BCUT2D eigenvalue weighted by Crippen LogP contribution is 2.29. The van der Waals surface area contributed by atoms with Crippen LogP contribution in [0.2, 0.25) is 0 Å². The zero-order chi connectivity index (χ0) is 21.2. The number of carboxylic acid groups (broad SMARTS) is 1. The van der Waals surface area contributed by atoms with Crippen molar-refractivity contribution in [1.29, 1.82) is 0 Å². The Hall–Kier alpha value is -1.42. The number of carboxylic acids is 1. The van der Waals surface area contributed by atoms with E-state index in [2.05, 4.69) is 5.32 Å². The topological polar surface area (TPSA) is 207 Å². The Morgan fingerprint density at radius 1 is 1.07 bits per heavy atom. The molecule has 0 spiro atoms. The van der Waals surface area contributed by atoms with Gasteiger partial charge in [0.25, 0.3) is 0 Å². The van der Waals surface area contributed by atoms with Crippen molar-refractivity contribution in [1.82, 2.24) is 5.32 Å². The van der Waals surface area contributed by atoms with Crippen LogP contribution < -0.4 is 10.4 Å². The summed E-state index contributed by atoms with van der Waals surface area (Å²) in [5, 5.41) is 63.6. The summed E-state index contributed by atoms with van der Waals surface area (Å²) in [5.41, 5.74) is 0. The number of rotatable bonds is 6. The molecule has 162 valence electrons. The van der Waals surface area contributed by atoms with Gasteiger partial charge in [-0.2, -0.15) is 0 Å². The molecule has 2 aliphatic heterocycles. The number of hydrogen-bond acceptors (Lipinski definition) is 12. The van der Waals surface area contributed by atoms with Crippen LogP contribution in [0.4, 0.5) is 0 Å². The number of carbonyl (C=O) groups is 2. The Bertz CT molecular complexity index is 561. The molecule has 10 atom stereocenters. The van der Waals surface area contributed by atoms with Crippen molar-refractivity contribution in [3.8, 4) is 0 Å². The number of hydrogen-bond donors (Lipinski definition) is 6. The first-order valence-corrected chi connectivity index (χ1v) is 8.42. The third kappa shape index (κ3) is 4.59. The van der Waals surface area contributed by atoms with E-state index in [1.54, 1.807) is 0 Å². The van der Waals surface area contributed by atoms with Crippen molar-refractivity contribution in [2.24, 2.45) is 0 Å². The lowest BCUT2D eigenvalue weighted by Crippen LogP contribution is -2.68. The van der Waals surface area contributed by atoms with Crippen LogP contribution in [0.5, 0.6) is 0 Å². The van der Waals surface area contributed by atoms with Gasteiger partial charge >= 0.3 is 0 Å². The Labute approximate surface area is 159 Å². The molecule has 6 N–H and O–H groups in total. The Morgan fingerprint density at radius 2 is 1.71 bits per heavy atom. The number of aliphatic carboxylic acids is 1. The number of nitrogens with one attached hydrogen (secondary N) is 1. The summed E-state index contributed by atoms with van der Waals surface area (Å²) in [4.78, 5) is 22.7. The first-order chi connectivity index (χ1) is 13.1. The molecular weight excluding hydrogens is 386 g/mol. The number of aliphatic hydroxyl groups excluding tert-OH is 5. The van der Waals surface area contributed by atoms with E-state index in [0.29, 0.717) is 0 Å². The maximum absolute atomic E-state index is 11.4. The fraction of sp³-hybridized carbons (Fsp3) is 0.867. The summed E-state index contributed by atoms with van der Waals surface area (Å²) in [7, 11) is 1.10. The Balaban J connectivity index is 2.26. The van der Waals surface area contributed by atoms with E-state index in [1.165, 1.54) is 0 Å². The third-order valence-electron chi connectivity index (χ3n) is 4.58. The number of methoxy groups -OCH3 is 1. The average molecular weight is 410 g/mol. The molecule has 0 bridgehead atoms. The molecule has 2 saturated heterocycles. The maximum Gasteiger partial charge on any atom is 0.217 e. The van der Waals surface area contributed by atoms with Crippen molar-refractivity contribution in [3.63, 3.8) is 0 Å². The molecule has 2 aliphatic rings. The van der Waals surface area contributed by atoms with Gasteiger partial charge in [0.05, 0.1) is 12.6 Å². The van der Waals surface area contributed by atoms with Crippen molar-refractivity contribution < 1.29 is 59.2 Å². The maximum atomic E-state index is 11.4. The van der Waals surface area contributed by atoms with E-state index in [1.807, 2.05) is 0 Å². The van der Waals surface area contributed by atoms with Gasteiger partial charge in [0.2, 0.25) is 5.91 Å². The highest BCUT2D eigenvalue weighted by atomic mass is 16.7. The summed E-state index contributed by atoms with van der Waals surface area (Å²) in [6.07, 6.45) is -14.8. The van der Waals surface area contributed by atoms with E-state index >= 15 is 0 Å². The van der Waals surface area contributed by atoms with Gasteiger partial charge in [0, 0.05) is 14.0 Å². The molecule has 13 nitrogen and oxygen atoms in total. The van der Waals surface area contributed by atoms with Crippen LogP contribution in [0.25, 0.3) is 0 Å². The SMILES string of the molecule is CO[C@@H]1C(C(=O)[O-])O[C@@H](OC2C(NC(C)=O)[C@H](O)OC(CO)[C@H]2O)C(O)C1O. The highest BCUT2D eigenvalue weighted by Gasteiger charge is 2.51. The smallest absolute Gasteiger partial charge is 0.217 e. The average Bonchev–Trinajstić information content (AvgIpc) is 2.63. The monoisotopic (exact) mass is 410 g/mol. The van der Waals surface area contributed by atoms with Gasteiger partial charge in [0.15, 0.2) is 12.6 Å². The molecule has 0 aromatic heterocycles. The van der Waals surface area contributed by atoms with Crippen molar-refractivity contribution in [3.05, 3.63) is 0 Å². The van der Waals surface area contributed by atoms with Crippen LogP contribution in [0.1, 0.15) is 6.92 Å². The van der Waals surface area contributed by atoms with Gasteiger partial charge in [-0.1, -0.05) is 0 Å². The molecule has 2 fully saturated rings. The van der Waals surface area contributed by atoms with Crippen LogP contribution in [0.15, 0.2) is 0 Å². The lowest BCUT2D eigenvalue weighted by atomic mass is 9.95. The zero-order valence-electron chi connectivity index (χ0n) is 15.1. The Morgan fingerprint density at radius 3 is 2.21 bits per heavy atom. The molecule has 2 rings (SSSR count). The molecule has 13 heteroatoms. The predicted octanol–water partition coefficient (Wildman–Crippen LogP) is -5.84. The lowest BCUT2D eigenvalue weighted by molar-refractivity contribution is -0.365. The van der Waals surface area contributed by atoms with Crippen LogP contribution in [-0.2, 0) is 28.5 Å². The molecular formula is C15H24NO12-.